The van der Waals surface area contributed by atoms with E-state index in [0.717, 1.165) is 28.8 Å². The van der Waals surface area contributed by atoms with Crippen LogP contribution in [0.5, 0.6) is 5.75 Å². The lowest BCUT2D eigenvalue weighted by atomic mass is 9.87. The van der Waals surface area contributed by atoms with Crippen molar-refractivity contribution < 1.29 is 13.9 Å². The lowest BCUT2D eigenvalue weighted by Gasteiger charge is -2.33. The highest BCUT2D eigenvalue weighted by molar-refractivity contribution is 5.85. The molecule has 0 aromatic heterocycles. The standard InChI is InChI=1S/C23H26FNO2/c1-5-11-27-12-10-17-15-23(2,3)25-21-8-6-16(13-19(17)21)20-14-18(24)7-9-22(20)26-4/h5-9,13-15,25H,1,10-12H2,2-4H3. The topological polar surface area (TPSA) is 30.5 Å². The molecule has 0 aliphatic carbocycles. The van der Waals surface area contributed by atoms with Crippen LogP contribution in [0.2, 0.25) is 0 Å². The maximum Gasteiger partial charge on any atom is 0.126 e. The van der Waals surface area contributed by atoms with Crippen LogP contribution in [0, 0.1) is 5.82 Å². The maximum absolute atomic E-state index is 13.8. The van der Waals surface area contributed by atoms with Crippen LogP contribution in [0.15, 0.2) is 55.1 Å². The number of fused-ring (bicyclic) bond motifs is 1. The number of hydrogen-bond donors (Lipinski definition) is 1. The van der Waals surface area contributed by atoms with Crippen LogP contribution < -0.4 is 10.1 Å². The average Bonchev–Trinajstić information content (AvgIpc) is 2.64. The average molecular weight is 367 g/mol. The van der Waals surface area contributed by atoms with Gasteiger partial charge in [0.15, 0.2) is 0 Å². The summed E-state index contributed by atoms with van der Waals surface area (Å²) in [6, 6.07) is 10.7. The van der Waals surface area contributed by atoms with E-state index in [9.17, 15) is 4.39 Å². The van der Waals surface area contributed by atoms with E-state index in [1.54, 1.807) is 19.3 Å². The van der Waals surface area contributed by atoms with E-state index in [0.29, 0.717) is 19.0 Å². The first-order chi connectivity index (χ1) is 12.9. The fourth-order valence-corrected chi connectivity index (χ4v) is 3.44. The van der Waals surface area contributed by atoms with E-state index < -0.39 is 0 Å². The smallest absolute Gasteiger partial charge is 0.126 e. The molecule has 2 aromatic rings. The Kier molecular flexibility index (Phi) is 5.66. The Hall–Kier alpha value is -2.59. The molecular weight excluding hydrogens is 341 g/mol. The van der Waals surface area contributed by atoms with Gasteiger partial charge in [-0.05, 0) is 61.7 Å². The quantitative estimate of drug-likeness (QED) is 0.504. The minimum atomic E-state index is -0.281. The van der Waals surface area contributed by atoms with Crippen molar-refractivity contribution in [3.63, 3.8) is 0 Å². The van der Waals surface area contributed by atoms with Gasteiger partial charge >= 0.3 is 0 Å². The first-order valence-electron chi connectivity index (χ1n) is 9.10. The minimum Gasteiger partial charge on any atom is -0.496 e. The third-order valence-corrected chi connectivity index (χ3v) is 4.58. The van der Waals surface area contributed by atoms with Crippen molar-refractivity contribution in [3.8, 4) is 16.9 Å². The Labute approximate surface area is 160 Å². The maximum atomic E-state index is 13.8. The monoisotopic (exact) mass is 367 g/mol. The van der Waals surface area contributed by atoms with Gasteiger partial charge in [0.25, 0.3) is 0 Å². The number of benzene rings is 2. The Morgan fingerprint density at radius 1 is 1.15 bits per heavy atom. The van der Waals surface area contributed by atoms with Gasteiger partial charge in [0.05, 0.1) is 25.9 Å². The number of ether oxygens (including phenoxy) is 2. The second-order valence-corrected chi connectivity index (χ2v) is 7.23. The lowest BCUT2D eigenvalue weighted by molar-refractivity contribution is 0.169. The fraction of sp³-hybridized carbons (Fsp3) is 0.304. The molecule has 0 unspecified atom stereocenters. The highest BCUT2D eigenvalue weighted by Crippen LogP contribution is 2.39. The summed E-state index contributed by atoms with van der Waals surface area (Å²) in [5, 5.41) is 3.55. The van der Waals surface area contributed by atoms with Gasteiger partial charge in [-0.1, -0.05) is 18.2 Å². The molecule has 3 nitrogen and oxygen atoms in total. The summed E-state index contributed by atoms with van der Waals surface area (Å²) in [6.45, 7) is 9.14. The molecule has 1 aliphatic heterocycles. The number of nitrogens with one attached hydrogen (secondary N) is 1. The van der Waals surface area contributed by atoms with Crippen molar-refractivity contribution in [1.29, 1.82) is 0 Å². The molecule has 4 heteroatoms. The molecule has 27 heavy (non-hydrogen) atoms. The molecule has 142 valence electrons. The van der Waals surface area contributed by atoms with Gasteiger partial charge < -0.3 is 14.8 Å². The molecule has 0 atom stereocenters. The van der Waals surface area contributed by atoms with E-state index in [2.05, 4.69) is 37.9 Å². The SMILES string of the molecule is C=CCOCCC1=CC(C)(C)Nc2ccc(-c3cc(F)ccc3OC)cc21. The molecule has 0 saturated carbocycles. The Balaban J connectivity index is 1.99. The van der Waals surface area contributed by atoms with Crippen LogP contribution in [0.1, 0.15) is 25.8 Å². The summed E-state index contributed by atoms with van der Waals surface area (Å²) in [4.78, 5) is 0. The van der Waals surface area contributed by atoms with Gasteiger partial charge in [0.1, 0.15) is 11.6 Å². The van der Waals surface area contributed by atoms with Crippen LogP contribution in [0.4, 0.5) is 10.1 Å². The van der Waals surface area contributed by atoms with Crippen molar-refractivity contribution in [3.05, 3.63) is 66.5 Å². The van der Waals surface area contributed by atoms with Crippen molar-refractivity contribution >= 4 is 11.3 Å². The van der Waals surface area contributed by atoms with Gasteiger partial charge in [-0.3, -0.25) is 0 Å². The number of halogens is 1. The van der Waals surface area contributed by atoms with Crippen molar-refractivity contribution in [2.75, 3.05) is 25.6 Å². The zero-order valence-electron chi connectivity index (χ0n) is 16.1. The summed E-state index contributed by atoms with van der Waals surface area (Å²) < 4.78 is 24.8. The van der Waals surface area contributed by atoms with Crippen LogP contribution in [-0.4, -0.2) is 25.9 Å². The molecule has 0 amide bonds. The van der Waals surface area contributed by atoms with Gasteiger partial charge in [0, 0.05) is 16.8 Å². The van der Waals surface area contributed by atoms with Gasteiger partial charge in [-0.2, -0.15) is 0 Å². The van der Waals surface area contributed by atoms with Crippen LogP contribution in [-0.2, 0) is 4.74 Å². The molecule has 0 spiro atoms. The molecule has 0 radical (unpaired) electrons. The summed E-state index contributed by atoms with van der Waals surface area (Å²) in [7, 11) is 1.60. The van der Waals surface area contributed by atoms with Crippen LogP contribution >= 0.6 is 0 Å². The normalized spacial score (nSPS) is 14.7. The van der Waals surface area contributed by atoms with Gasteiger partial charge in [-0.15, -0.1) is 6.58 Å². The number of methoxy groups -OCH3 is 1. The predicted octanol–water partition coefficient (Wildman–Crippen LogP) is 5.68. The highest BCUT2D eigenvalue weighted by atomic mass is 19.1. The molecule has 1 heterocycles. The predicted molar refractivity (Wildman–Crippen MR) is 110 cm³/mol. The molecule has 1 aliphatic rings. The minimum absolute atomic E-state index is 0.140. The first-order valence-corrected chi connectivity index (χ1v) is 9.10. The van der Waals surface area contributed by atoms with E-state index >= 15 is 0 Å². The third-order valence-electron chi connectivity index (χ3n) is 4.58. The number of anilines is 1. The Morgan fingerprint density at radius 3 is 2.70 bits per heavy atom. The van der Waals surface area contributed by atoms with E-state index in [-0.39, 0.29) is 11.4 Å². The van der Waals surface area contributed by atoms with Gasteiger partial charge in [0.2, 0.25) is 0 Å². The largest absolute Gasteiger partial charge is 0.496 e. The summed E-state index contributed by atoms with van der Waals surface area (Å²) in [5.74, 6) is 0.372. The van der Waals surface area contributed by atoms with Crippen molar-refractivity contribution in [2.45, 2.75) is 25.8 Å². The second-order valence-electron chi connectivity index (χ2n) is 7.23. The Morgan fingerprint density at radius 2 is 1.96 bits per heavy atom. The molecule has 0 fully saturated rings. The molecule has 1 N–H and O–H groups in total. The summed E-state index contributed by atoms with van der Waals surface area (Å²) >= 11 is 0. The lowest BCUT2D eigenvalue weighted by Crippen LogP contribution is -2.31. The van der Waals surface area contributed by atoms with E-state index in [1.165, 1.54) is 17.7 Å². The van der Waals surface area contributed by atoms with Crippen LogP contribution in [0.3, 0.4) is 0 Å². The third kappa shape index (κ3) is 4.40. The zero-order chi connectivity index (χ0) is 19.4. The van der Waals surface area contributed by atoms with Crippen molar-refractivity contribution in [2.24, 2.45) is 0 Å². The zero-order valence-corrected chi connectivity index (χ0v) is 16.1. The molecular formula is C23H26FNO2. The van der Waals surface area contributed by atoms with E-state index in [1.807, 2.05) is 12.1 Å². The van der Waals surface area contributed by atoms with Crippen LogP contribution in [0.25, 0.3) is 16.7 Å². The molecule has 0 bridgehead atoms. The van der Waals surface area contributed by atoms with Gasteiger partial charge in [-0.25, -0.2) is 4.39 Å². The molecule has 2 aromatic carbocycles. The first kappa shape index (κ1) is 19.2. The summed E-state index contributed by atoms with van der Waals surface area (Å²) in [6.07, 6.45) is 4.79. The fourth-order valence-electron chi connectivity index (χ4n) is 3.44. The van der Waals surface area contributed by atoms with Crippen molar-refractivity contribution in [1.82, 2.24) is 0 Å². The molecule has 3 rings (SSSR count). The van der Waals surface area contributed by atoms with E-state index in [4.69, 9.17) is 9.47 Å². The Bertz CT molecular complexity index is 871. The summed E-state index contributed by atoms with van der Waals surface area (Å²) in [5.41, 5.74) is 4.92. The second kappa shape index (κ2) is 7.97. The highest BCUT2D eigenvalue weighted by Gasteiger charge is 2.24. The number of hydrogen-bond acceptors (Lipinski definition) is 3. The molecule has 0 saturated heterocycles. The number of rotatable bonds is 7.